The van der Waals surface area contributed by atoms with Gasteiger partial charge < -0.3 is 15.4 Å². The van der Waals surface area contributed by atoms with Crippen LogP contribution in [0.3, 0.4) is 0 Å². The van der Waals surface area contributed by atoms with Gasteiger partial charge in [0, 0.05) is 17.3 Å². The topological polar surface area (TPSA) is 94.0 Å². The maximum atomic E-state index is 11.3. The number of nitrogen functional groups attached to an aromatic ring is 1. The number of rotatable bonds is 3. The smallest absolute Gasteiger partial charge is 0.338 e. The number of hydrogen-bond acceptors (Lipinski definition) is 4. The second-order valence-corrected chi connectivity index (χ2v) is 4.23. The average Bonchev–Trinajstić information content (AvgIpc) is 2.76. The molecule has 18 heavy (non-hydrogen) atoms. The second kappa shape index (κ2) is 4.48. The average molecular weight is 246 g/mol. The van der Waals surface area contributed by atoms with Crippen LogP contribution in [-0.2, 0) is 0 Å². The molecule has 1 aromatic carbocycles. The zero-order chi connectivity index (χ0) is 13.3. The van der Waals surface area contributed by atoms with Crippen LogP contribution in [0, 0.1) is 0 Å². The molecular weight excluding hydrogens is 232 g/mol. The largest absolute Gasteiger partial charge is 0.478 e. The predicted molar refractivity (Wildman–Crippen MR) is 67.2 cm³/mol. The van der Waals surface area contributed by atoms with Crippen molar-refractivity contribution in [3.05, 3.63) is 30.1 Å². The van der Waals surface area contributed by atoms with Crippen LogP contribution >= 0.6 is 0 Å². The highest BCUT2D eigenvalue weighted by Gasteiger charge is 2.19. The number of hydrogen-bond donors (Lipinski definition) is 2. The fourth-order valence-corrected chi connectivity index (χ4v) is 1.81. The number of carbonyl (C=O) groups is 1. The van der Waals surface area contributed by atoms with Gasteiger partial charge in [0.15, 0.2) is 5.82 Å². The fourth-order valence-electron chi connectivity index (χ4n) is 1.81. The van der Waals surface area contributed by atoms with E-state index in [4.69, 9.17) is 5.73 Å². The third kappa shape index (κ3) is 1.92. The van der Waals surface area contributed by atoms with Crippen molar-refractivity contribution in [2.45, 2.75) is 19.9 Å². The molecule has 0 bridgehead atoms. The van der Waals surface area contributed by atoms with Crippen LogP contribution in [0.2, 0.25) is 0 Å². The monoisotopic (exact) mass is 246 g/mol. The number of aromatic nitrogens is 3. The highest BCUT2D eigenvalue weighted by atomic mass is 16.4. The Morgan fingerprint density at radius 3 is 2.78 bits per heavy atom. The van der Waals surface area contributed by atoms with Gasteiger partial charge in [-0.2, -0.15) is 0 Å². The maximum absolute atomic E-state index is 11.3. The van der Waals surface area contributed by atoms with Crippen molar-refractivity contribution in [2.75, 3.05) is 5.73 Å². The lowest BCUT2D eigenvalue weighted by atomic mass is 10.0. The van der Waals surface area contributed by atoms with E-state index in [0.717, 1.165) is 0 Å². The van der Waals surface area contributed by atoms with Gasteiger partial charge in [-0.25, -0.2) is 4.79 Å². The van der Waals surface area contributed by atoms with E-state index in [-0.39, 0.29) is 17.3 Å². The first-order chi connectivity index (χ1) is 8.52. The third-order valence-electron chi connectivity index (χ3n) is 2.68. The van der Waals surface area contributed by atoms with Gasteiger partial charge in [-0.1, -0.05) is 12.1 Å². The summed E-state index contributed by atoms with van der Waals surface area (Å²) in [4.78, 5) is 11.3. The van der Waals surface area contributed by atoms with E-state index in [1.54, 1.807) is 29.1 Å². The summed E-state index contributed by atoms with van der Waals surface area (Å²) in [7, 11) is 0. The maximum Gasteiger partial charge on any atom is 0.338 e. The molecule has 0 amide bonds. The molecule has 0 aliphatic rings. The zero-order valence-corrected chi connectivity index (χ0v) is 10.2. The molecule has 0 radical (unpaired) electrons. The van der Waals surface area contributed by atoms with Gasteiger partial charge in [0.1, 0.15) is 6.33 Å². The van der Waals surface area contributed by atoms with Gasteiger partial charge in [-0.05, 0) is 19.9 Å². The Labute approximate surface area is 104 Å². The zero-order valence-electron chi connectivity index (χ0n) is 10.2. The van der Waals surface area contributed by atoms with Crippen molar-refractivity contribution < 1.29 is 9.90 Å². The van der Waals surface area contributed by atoms with E-state index >= 15 is 0 Å². The molecule has 0 unspecified atom stereocenters. The summed E-state index contributed by atoms with van der Waals surface area (Å²) < 4.78 is 1.81. The Hall–Kier alpha value is -2.37. The molecule has 1 aromatic heterocycles. The number of aromatic carboxylic acids is 1. The molecule has 0 aliphatic heterocycles. The van der Waals surface area contributed by atoms with Crippen molar-refractivity contribution >= 4 is 11.7 Å². The number of anilines is 1. The van der Waals surface area contributed by atoms with E-state index in [0.29, 0.717) is 11.4 Å². The van der Waals surface area contributed by atoms with Gasteiger partial charge in [-0.15, -0.1) is 10.2 Å². The molecule has 6 nitrogen and oxygen atoms in total. The van der Waals surface area contributed by atoms with Crippen LogP contribution in [-0.4, -0.2) is 25.8 Å². The lowest BCUT2D eigenvalue weighted by molar-refractivity contribution is 0.0699. The minimum absolute atomic E-state index is 0.0624. The summed E-state index contributed by atoms with van der Waals surface area (Å²) >= 11 is 0. The summed E-state index contributed by atoms with van der Waals surface area (Å²) in [6, 6.07) is 5.08. The van der Waals surface area contributed by atoms with Crippen molar-refractivity contribution in [2.24, 2.45) is 0 Å². The minimum Gasteiger partial charge on any atom is -0.478 e. The third-order valence-corrected chi connectivity index (χ3v) is 2.68. The SMILES string of the molecule is CC(C)n1cnnc1-c1cccc(N)c1C(=O)O. The molecule has 0 atom stereocenters. The standard InChI is InChI=1S/C12H14N4O2/c1-7(2)16-6-14-15-11(16)8-4-3-5-9(13)10(8)12(17)18/h3-7H,13H2,1-2H3,(H,17,18). The number of carboxylic acid groups (broad SMARTS) is 1. The Morgan fingerprint density at radius 2 is 2.17 bits per heavy atom. The van der Waals surface area contributed by atoms with Crippen molar-refractivity contribution in [1.82, 2.24) is 14.8 Å². The normalized spacial score (nSPS) is 10.8. The van der Waals surface area contributed by atoms with Crippen LogP contribution in [0.15, 0.2) is 24.5 Å². The molecule has 94 valence electrons. The highest BCUT2D eigenvalue weighted by molar-refractivity contribution is 6.00. The first kappa shape index (κ1) is 12.1. The first-order valence-electron chi connectivity index (χ1n) is 5.54. The molecule has 3 N–H and O–H groups in total. The van der Waals surface area contributed by atoms with E-state index in [1.165, 1.54) is 0 Å². The van der Waals surface area contributed by atoms with Crippen LogP contribution < -0.4 is 5.73 Å². The van der Waals surface area contributed by atoms with Gasteiger partial charge >= 0.3 is 5.97 Å². The molecule has 0 fully saturated rings. The van der Waals surface area contributed by atoms with Crippen molar-refractivity contribution in [3.8, 4) is 11.4 Å². The van der Waals surface area contributed by atoms with Gasteiger partial charge in [-0.3, -0.25) is 0 Å². The number of nitrogens with zero attached hydrogens (tertiary/aromatic N) is 3. The van der Waals surface area contributed by atoms with Crippen LogP contribution in [0.25, 0.3) is 11.4 Å². The molecule has 2 rings (SSSR count). The lowest BCUT2D eigenvalue weighted by Crippen LogP contribution is -2.08. The van der Waals surface area contributed by atoms with Crippen molar-refractivity contribution in [1.29, 1.82) is 0 Å². The van der Waals surface area contributed by atoms with E-state index in [9.17, 15) is 9.90 Å². The van der Waals surface area contributed by atoms with Crippen LogP contribution in [0.4, 0.5) is 5.69 Å². The summed E-state index contributed by atoms with van der Waals surface area (Å²) in [5.41, 5.74) is 6.48. The number of benzene rings is 1. The summed E-state index contributed by atoms with van der Waals surface area (Å²) in [6.07, 6.45) is 1.58. The Bertz CT molecular complexity index is 590. The molecule has 0 aliphatic carbocycles. The highest BCUT2D eigenvalue weighted by Crippen LogP contribution is 2.27. The molecule has 2 aromatic rings. The molecule has 0 saturated heterocycles. The van der Waals surface area contributed by atoms with Crippen molar-refractivity contribution in [3.63, 3.8) is 0 Å². The molecule has 6 heteroatoms. The van der Waals surface area contributed by atoms with E-state index in [1.807, 2.05) is 13.8 Å². The van der Waals surface area contributed by atoms with Crippen LogP contribution in [0.1, 0.15) is 30.2 Å². The van der Waals surface area contributed by atoms with Gasteiger partial charge in [0.2, 0.25) is 0 Å². The summed E-state index contributed by atoms with van der Waals surface area (Å²) in [6.45, 7) is 3.94. The fraction of sp³-hybridized carbons (Fsp3) is 0.250. The minimum atomic E-state index is -1.07. The summed E-state index contributed by atoms with van der Waals surface area (Å²) in [5.74, 6) is -0.559. The molecule has 1 heterocycles. The quantitative estimate of drug-likeness (QED) is 0.805. The van der Waals surface area contributed by atoms with Gasteiger partial charge in [0.25, 0.3) is 0 Å². The first-order valence-corrected chi connectivity index (χ1v) is 5.54. The van der Waals surface area contributed by atoms with Crippen LogP contribution in [0.5, 0.6) is 0 Å². The van der Waals surface area contributed by atoms with E-state index < -0.39 is 5.97 Å². The Morgan fingerprint density at radius 1 is 1.44 bits per heavy atom. The predicted octanol–water partition coefficient (Wildman–Crippen LogP) is 1.81. The Balaban J connectivity index is 2.68. The Kier molecular flexibility index (Phi) is 3.01. The van der Waals surface area contributed by atoms with Gasteiger partial charge in [0.05, 0.1) is 5.56 Å². The lowest BCUT2D eigenvalue weighted by Gasteiger charge is -2.12. The molecule has 0 saturated carbocycles. The number of carboxylic acids is 1. The molecular formula is C12H14N4O2. The second-order valence-electron chi connectivity index (χ2n) is 4.23. The van der Waals surface area contributed by atoms with E-state index in [2.05, 4.69) is 10.2 Å². The summed E-state index contributed by atoms with van der Waals surface area (Å²) in [5, 5.41) is 17.1. The number of nitrogens with two attached hydrogens (primary N) is 1. The molecule has 0 spiro atoms.